The van der Waals surface area contributed by atoms with Crippen LogP contribution in [0.5, 0.6) is 0 Å². The van der Waals surface area contributed by atoms with E-state index in [4.69, 9.17) is 4.74 Å². The van der Waals surface area contributed by atoms with E-state index in [2.05, 4.69) is 26.1 Å². The molecular formula is C25H37N3O4. The van der Waals surface area contributed by atoms with E-state index in [9.17, 15) is 14.4 Å². The molecule has 1 aromatic rings. The monoisotopic (exact) mass is 443 g/mol. The number of hydrogen-bond donors (Lipinski definition) is 1. The lowest BCUT2D eigenvalue weighted by molar-refractivity contribution is -0.145. The van der Waals surface area contributed by atoms with Crippen LogP contribution in [-0.4, -0.2) is 65.5 Å². The molecule has 0 radical (unpaired) electrons. The Labute approximate surface area is 191 Å². The molecule has 0 aliphatic carbocycles. The van der Waals surface area contributed by atoms with Crippen molar-refractivity contribution in [3.05, 3.63) is 35.9 Å². The van der Waals surface area contributed by atoms with E-state index in [0.717, 1.165) is 0 Å². The zero-order valence-electron chi connectivity index (χ0n) is 20.0. The summed E-state index contributed by atoms with van der Waals surface area (Å²) in [6, 6.07) is 8.34. The van der Waals surface area contributed by atoms with Crippen LogP contribution in [-0.2, 0) is 14.3 Å². The maximum atomic E-state index is 13.6. The average Bonchev–Trinajstić information content (AvgIpc) is 3.10. The Bertz CT molecular complexity index is 823. The Morgan fingerprint density at radius 3 is 2.31 bits per heavy atom. The zero-order chi connectivity index (χ0) is 23.5. The molecule has 32 heavy (non-hydrogen) atoms. The van der Waals surface area contributed by atoms with Crippen LogP contribution in [0.15, 0.2) is 30.3 Å². The second-order valence-corrected chi connectivity index (χ2v) is 10.6. The van der Waals surface area contributed by atoms with E-state index < -0.39 is 11.8 Å². The number of hydrogen-bond acceptors (Lipinski definition) is 4. The maximum Gasteiger partial charge on any atom is 0.256 e. The van der Waals surface area contributed by atoms with E-state index in [1.165, 1.54) is 0 Å². The molecule has 2 aliphatic rings. The summed E-state index contributed by atoms with van der Waals surface area (Å²) in [6.45, 7) is 11.9. The minimum atomic E-state index is -0.870. The van der Waals surface area contributed by atoms with Gasteiger partial charge in [0, 0.05) is 44.5 Å². The molecular weight excluding hydrogens is 406 g/mol. The lowest BCUT2D eigenvalue weighted by atomic mass is 9.90. The van der Waals surface area contributed by atoms with Crippen LogP contribution in [0.2, 0.25) is 0 Å². The molecule has 0 aromatic heterocycles. The SMILES string of the molecule is CC(C)CNC(=O)C1COC2(CCN(C(=O)CC(C)(C)C)CC2)N1C(=O)c1ccccc1. The first-order valence-corrected chi connectivity index (χ1v) is 11.6. The minimum Gasteiger partial charge on any atom is -0.354 e. The van der Waals surface area contributed by atoms with Gasteiger partial charge in [0.15, 0.2) is 0 Å². The summed E-state index contributed by atoms with van der Waals surface area (Å²) in [5, 5.41) is 2.96. The van der Waals surface area contributed by atoms with Gasteiger partial charge >= 0.3 is 0 Å². The van der Waals surface area contributed by atoms with Crippen molar-refractivity contribution in [3.63, 3.8) is 0 Å². The third kappa shape index (κ3) is 5.49. The van der Waals surface area contributed by atoms with Crippen LogP contribution in [0, 0.1) is 11.3 Å². The third-order valence-corrected chi connectivity index (χ3v) is 6.07. The van der Waals surface area contributed by atoms with Gasteiger partial charge in [0.25, 0.3) is 5.91 Å². The molecule has 7 nitrogen and oxygen atoms in total. The van der Waals surface area contributed by atoms with Crippen molar-refractivity contribution in [2.75, 3.05) is 26.2 Å². The van der Waals surface area contributed by atoms with Gasteiger partial charge in [-0.05, 0) is 23.5 Å². The predicted molar refractivity (Wildman–Crippen MR) is 123 cm³/mol. The molecule has 1 unspecified atom stereocenters. The van der Waals surface area contributed by atoms with Crippen molar-refractivity contribution in [1.29, 1.82) is 0 Å². The van der Waals surface area contributed by atoms with Crippen molar-refractivity contribution >= 4 is 17.7 Å². The highest BCUT2D eigenvalue weighted by Gasteiger charge is 2.54. The average molecular weight is 444 g/mol. The van der Waals surface area contributed by atoms with Crippen molar-refractivity contribution < 1.29 is 19.1 Å². The van der Waals surface area contributed by atoms with Crippen LogP contribution >= 0.6 is 0 Å². The van der Waals surface area contributed by atoms with E-state index in [1.54, 1.807) is 17.0 Å². The Morgan fingerprint density at radius 2 is 1.75 bits per heavy atom. The van der Waals surface area contributed by atoms with Gasteiger partial charge in [-0.2, -0.15) is 0 Å². The van der Waals surface area contributed by atoms with Gasteiger partial charge < -0.3 is 15.0 Å². The maximum absolute atomic E-state index is 13.6. The Hall–Kier alpha value is -2.41. The minimum absolute atomic E-state index is 0.0784. The quantitative estimate of drug-likeness (QED) is 0.759. The molecule has 7 heteroatoms. The fraction of sp³-hybridized carbons (Fsp3) is 0.640. The third-order valence-electron chi connectivity index (χ3n) is 6.07. The molecule has 176 valence electrons. The summed E-state index contributed by atoms with van der Waals surface area (Å²) in [6.07, 6.45) is 1.47. The number of benzene rings is 1. The van der Waals surface area contributed by atoms with Crippen LogP contribution in [0.4, 0.5) is 0 Å². The topological polar surface area (TPSA) is 79.0 Å². The Balaban J connectivity index is 1.81. The number of likely N-dealkylation sites (tertiary alicyclic amines) is 1. The van der Waals surface area contributed by atoms with E-state index in [-0.39, 0.29) is 29.7 Å². The van der Waals surface area contributed by atoms with Crippen molar-refractivity contribution in [2.24, 2.45) is 11.3 Å². The number of carbonyl (C=O) groups is 3. The number of nitrogens with one attached hydrogen (secondary N) is 1. The first-order chi connectivity index (χ1) is 15.0. The smallest absolute Gasteiger partial charge is 0.256 e. The molecule has 3 rings (SSSR count). The van der Waals surface area contributed by atoms with E-state index >= 15 is 0 Å². The van der Waals surface area contributed by atoms with Crippen molar-refractivity contribution in [2.45, 2.75) is 65.6 Å². The molecule has 2 aliphatic heterocycles. The van der Waals surface area contributed by atoms with E-state index in [1.807, 2.05) is 36.9 Å². The molecule has 0 saturated carbocycles. The second-order valence-electron chi connectivity index (χ2n) is 10.6. The lowest BCUT2D eigenvalue weighted by Gasteiger charge is -2.44. The summed E-state index contributed by atoms with van der Waals surface area (Å²) < 4.78 is 6.21. The van der Waals surface area contributed by atoms with Gasteiger partial charge in [-0.25, -0.2) is 0 Å². The summed E-state index contributed by atoms with van der Waals surface area (Å²) in [7, 11) is 0. The first kappa shape index (κ1) is 24.2. The molecule has 1 N–H and O–H groups in total. The van der Waals surface area contributed by atoms with Gasteiger partial charge in [0.05, 0.1) is 6.61 Å². The lowest BCUT2D eigenvalue weighted by Crippen LogP contribution is -2.60. The summed E-state index contributed by atoms with van der Waals surface area (Å²) in [4.78, 5) is 42.8. The zero-order valence-corrected chi connectivity index (χ0v) is 20.0. The molecule has 3 amide bonds. The normalized spacial score (nSPS) is 20.6. The largest absolute Gasteiger partial charge is 0.354 e. The van der Waals surface area contributed by atoms with Crippen molar-refractivity contribution in [3.8, 4) is 0 Å². The molecule has 0 bridgehead atoms. The highest BCUT2D eigenvalue weighted by Crippen LogP contribution is 2.39. The van der Waals surface area contributed by atoms with Crippen molar-refractivity contribution in [1.82, 2.24) is 15.1 Å². The van der Waals surface area contributed by atoms with Crippen LogP contribution < -0.4 is 5.32 Å². The second kappa shape index (κ2) is 9.61. The standard InChI is InChI=1S/C25H37N3O4/c1-18(2)16-26-22(30)20-17-32-25(28(20)23(31)19-9-7-6-8-10-19)11-13-27(14-12-25)21(29)15-24(3,4)5/h6-10,18,20H,11-17H2,1-5H3,(H,26,30). The van der Waals surface area contributed by atoms with Gasteiger partial charge in [-0.1, -0.05) is 52.8 Å². The molecule has 2 fully saturated rings. The predicted octanol–water partition coefficient (Wildman–Crippen LogP) is 3.05. The number of ether oxygens (including phenoxy) is 1. The van der Waals surface area contributed by atoms with Crippen LogP contribution in [0.3, 0.4) is 0 Å². The molecule has 1 atom stereocenters. The molecule has 2 saturated heterocycles. The summed E-state index contributed by atoms with van der Waals surface area (Å²) >= 11 is 0. The fourth-order valence-corrected chi connectivity index (χ4v) is 4.38. The number of amides is 3. The van der Waals surface area contributed by atoms with Gasteiger partial charge in [0.2, 0.25) is 11.8 Å². The van der Waals surface area contributed by atoms with Gasteiger partial charge in [-0.15, -0.1) is 0 Å². The highest BCUT2D eigenvalue weighted by molar-refractivity contribution is 5.98. The van der Waals surface area contributed by atoms with Gasteiger partial charge in [0.1, 0.15) is 11.8 Å². The summed E-state index contributed by atoms with van der Waals surface area (Å²) in [5.41, 5.74) is -0.415. The molecule has 1 spiro atoms. The Morgan fingerprint density at radius 1 is 1.12 bits per heavy atom. The van der Waals surface area contributed by atoms with Crippen LogP contribution in [0.25, 0.3) is 0 Å². The number of rotatable bonds is 5. The first-order valence-electron chi connectivity index (χ1n) is 11.6. The fourth-order valence-electron chi connectivity index (χ4n) is 4.38. The number of piperidine rings is 1. The number of carbonyl (C=O) groups excluding carboxylic acids is 3. The Kier molecular flexibility index (Phi) is 7.28. The number of nitrogens with zero attached hydrogens (tertiary/aromatic N) is 2. The summed E-state index contributed by atoms with van der Waals surface area (Å²) in [5.74, 6) is 0.0384. The molecule has 2 heterocycles. The van der Waals surface area contributed by atoms with E-state index in [0.29, 0.717) is 50.4 Å². The van der Waals surface area contributed by atoms with Crippen LogP contribution in [0.1, 0.15) is 64.2 Å². The van der Waals surface area contributed by atoms with Gasteiger partial charge in [-0.3, -0.25) is 19.3 Å². The highest BCUT2D eigenvalue weighted by atomic mass is 16.5. The molecule has 1 aromatic carbocycles.